The smallest absolute Gasteiger partial charge is 0.493 e. The summed E-state index contributed by atoms with van der Waals surface area (Å²) >= 11 is 0. The molecule has 0 amide bonds. The average Bonchev–Trinajstić information content (AvgIpc) is 2.27. The van der Waals surface area contributed by atoms with E-state index in [0.29, 0.717) is 0 Å². The summed E-state index contributed by atoms with van der Waals surface area (Å²) in [5.74, 6) is -1.17. The minimum absolute atomic E-state index is 0.132. The van der Waals surface area contributed by atoms with Crippen molar-refractivity contribution < 1.29 is 32.2 Å². The first-order valence-electron chi connectivity index (χ1n) is 5.44. The van der Waals surface area contributed by atoms with Gasteiger partial charge in [-0.15, -0.1) is 13.2 Å². The maximum absolute atomic E-state index is 12.2. The Labute approximate surface area is 108 Å². The number of halogens is 3. The predicted molar refractivity (Wildman–Crippen MR) is 60.0 cm³/mol. The van der Waals surface area contributed by atoms with Gasteiger partial charge in [-0.3, -0.25) is 4.79 Å². The van der Waals surface area contributed by atoms with E-state index < -0.39 is 18.1 Å². The highest BCUT2D eigenvalue weighted by Gasteiger charge is 2.33. The summed E-state index contributed by atoms with van der Waals surface area (Å²) in [5.41, 5.74) is 0.266. The Morgan fingerprint density at radius 1 is 1.32 bits per heavy atom. The van der Waals surface area contributed by atoms with Gasteiger partial charge in [0.25, 0.3) is 0 Å². The van der Waals surface area contributed by atoms with E-state index in [1.54, 1.807) is 6.92 Å². The Morgan fingerprint density at radius 2 is 2.00 bits per heavy atom. The Bertz CT molecular complexity index is 443. The van der Waals surface area contributed by atoms with Crippen LogP contribution in [0.15, 0.2) is 18.2 Å². The van der Waals surface area contributed by atoms with Crippen molar-refractivity contribution in [1.29, 1.82) is 0 Å². The van der Waals surface area contributed by atoms with Crippen LogP contribution in [-0.4, -0.2) is 26.0 Å². The Morgan fingerprint density at radius 3 is 2.53 bits per heavy atom. The number of benzene rings is 1. The van der Waals surface area contributed by atoms with Gasteiger partial charge in [-0.05, 0) is 13.0 Å². The topological polar surface area (TPSA) is 44.8 Å². The molecule has 1 aromatic carbocycles. The predicted octanol–water partition coefficient (Wildman–Crippen LogP) is 2.70. The van der Waals surface area contributed by atoms with Crippen LogP contribution >= 0.6 is 0 Å². The first kappa shape index (κ1) is 15.1. The third-order valence-electron chi connectivity index (χ3n) is 2.13. The molecule has 1 aromatic rings. The third kappa shape index (κ3) is 4.69. The van der Waals surface area contributed by atoms with E-state index in [2.05, 4.69) is 4.74 Å². The average molecular weight is 278 g/mol. The van der Waals surface area contributed by atoms with Crippen LogP contribution < -0.4 is 9.47 Å². The molecular weight excluding hydrogens is 265 g/mol. The zero-order chi connectivity index (χ0) is 14.5. The third-order valence-corrected chi connectivity index (χ3v) is 2.13. The summed E-state index contributed by atoms with van der Waals surface area (Å²) in [5, 5.41) is 0. The van der Waals surface area contributed by atoms with Crippen molar-refractivity contribution in [2.75, 3.05) is 13.7 Å². The van der Waals surface area contributed by atoms with Crippen LogP contribution in [0.1, 0.15) is 12.5 Å². The van der Waals surface area contributed by atoms with E-state index in [-0.39, 0.29) is 24.3 Å². The Hall–Kier alpha value is -1.92. The molecule has 0 unspecified atom stereocenters. The minimum atomic E-state index is -4.82. The first-order chi connectivity index (χ1) is 8.87. The van der Waals surface area contributed by atoms with Crippen molar-refractivity contribution in [1.82, 2.24) is 0 Å². The van der Waals surface area contributed by atoms with Gasteiger partial charge in [0.2, 0.25) is 0 Å². The summed E-state index contributed by atoms with van der Waals surface area (Å²) in [4.78, 5) is 11.3. The summed E-state index contributed by atoms with van der Waals surface area (Å²) < 4.78 is 50.0. The number of ether oxygens (including phenoxy) is 3. The van der Waals surface area contributed by atoms with Gasteiger partial charge in [0.1, 0.15) is 0 Å². The van der Waals surface area contributed by atoms with E-state index in [1.807, 2.05) is 0 Å². The molecule has 0 saturated heterocycles. The highest BCUT2D eigenvalue weighted by Crippen LogP contribution is 2.35. The van der Waals surface area contributed by atoms with Gasteiger partial charge in [-0.1, -0.05) is 12.1 Å². The lowest BCUT2D eigenvalue weighted by molar-refractivity contribution is -0.275. The van der Waals surface area contributed by atoms with Crippen molar-refractivity contribution >= 4 is 5.97 Å². The van der Waals surface area contributed by atoms with Crippen LogP contribution in [0.25, 0.3) is 0 Å². The molecule has 0 aliphatic rings. The molecule has 19 heavy (non-hydrogen) atoms. The molecule has 0 fully saturated rings. The molecule has 0 N–H and O–H groups in total. The second-order valence-corrected chi connectivity index (χ2v) is 3.48. The van der Waals surface area contributed by atoms with E-state index in [1.165, 1.54) is 19.2 Å². The summed E-state index contributed by atoms with van der Waals surface area (Å²) in [6, 6.07) is 3.93. The largest absolute Gasteiger partial charge is 0.573 e. The summed E-state index contributed by atoms with van der Waals surface area (Å²) in [7, 11) is 1.20. The van der Waals surface area contributed by atoms with Crippen molar-refractivity contribution in [2.45, 2.75) is 19.7 Å². The number of hydrogen-bond donors (Lipinski definition) is 0. The lowest BCUT2D eigenvalue weighted by Gasteiger charge is -2.15. The fourth-order valence-corrected chi connectivity index (χ4v) is 1.50. The number of para-hydroxylation sites is 1. The maximum atomic E-state index is 12.2. The van der Waals surface area contributed by atoms with E-state index in [4.69, 9.17) is 9.47 Å². The van der Waals surface area contributed by atoms with E-state index in [0.717, 1.165) is 6.07 Å². The number of alkyl halides is 3. The lowest BCUT2D eigenvalue weighted by atomic mass is 10.1. The number of hydrogen-bond acceptors (Lipinski definition) is 4. The molecule has 0 heterocycles. The number of esters is 1. The van der Waals surface area contributed by atoms with Gasteiger partial charge in [-0.2, -0.15) is 0 Å². The zero-order valence-electron chi connectivity index (χ0n) is 10.4. The molecule has 0 atom stereocenters. The molecule has 0 aromatic heterocycles. The van der Waals surface area contributed by atoms with E-state index >= 15 is 0 Å². The lowest BCUT2D eigenvalue weighted by Crippen LogP contribution is -2.18. The van der Waals surface area contributed by atoms with Crippen molar-refractivity contribution in [2.24, 2.45) is 0 Å². The molecule has 0 saturated carbocycles. The van der Waals surface area contributed by atoms with Gasteiger partial charge < -0.3 is 14.2 Å². The zero-order valence-corrected chi connectivity index (χ0v) is 10.4. The van der Waals surface area contributed by atoms with Gasteiger partial charge in [0.05, 0.1) is 20.1 Å². The Kier molecular flexibility index (Phi) is 5.02. The van der Waals surface area contributed by atoms with Crippen LogP contribution in [0.5, 0.6) is 11.5 Å². The molecule has 0 radical (unpaired) electrons. The number of rotatable bonds is 5. The van der Waals surface area contributed by atoms with Crippen LogP contribution in [0.3, 0.4) is 0 Å². The standard InChI is InChI=1S/C12H13F3O4/c1-3-18-10(16)7-8-5-4-6-9(11(8)17-2)19-12(13,14)15/h4-6H,3,7H2,1-2H3. The molecule has 0 aliphatic carbocycles. The van der Waals surface area contributed by atoms with Crippen LogP contribution in [0.4, 0.5) is 13.2 Å². The summed E-state index contributed by atoms with van der Waals surface area (Å²) in [6.07, 6.45) is -5.01. The molecule has 1 rings (SSSR count). The molecule has 0 spiro atoms. The molecule has 0 bridgehead atoms. The van der Waals surface area contributed by atoms with Gasteiger partial charge in [-0.25, -0.2) is 0 Å². The second kappa shape index (κ2) is 6.31. The second-order valence-electron chi connectivity index (χ2n) is 3.48. The van der Waals surface area contributed by atoms with Crippen molar-refractivity contribution in [3.05, 3.63) is 23.8 Å². The number of carbonyl (C=O) groups is 1. The SMILES string of the molecule is CCOC(=O)Cc1cccc(OC(F)(F)F)c1OC. The highest BCUT2D eigenvalue weighted by molar-refractivity contribution is 5.74. The minimum Gasteiger partial charge on any atom is -0.493 e. The van der Waals surface area contributed by atoms with Gasteiger partial charge in [0.15, 0.2) is 11.5 Å². The van der Waals surface area contributed by atoms with Crippen LogP contribution in [-0.2, 0) is 16.0 Å². The molecule has 0 aliphatic heterocycles. The maximum Gasteiger partial charge on any atom is 0.573 e. The van der Waals surface area contributed by atoms with Crippen molar-refractivity contribution in [3.63, 3.8) is 0 Å². The Balaban J connectivity index is 2.99. The molecule has 4 nitrogen and oxygen atoms in total. The normalized spacial score (nSPS) is 11.0. The molecule has 106 valence electrons. The van der Waals surface area contributed by atoms with Crippen LogP contribution in [0, 0.1) is 0 Å². The number of carbonyl (C=O) groups excluding carboxylic acids is 1. The fourth-order valence-electron chi connectivity index (χ4n) is 1.50. The van der Waals surface area contributed by atoms with Gasteiger partial charge >= 0.3 is 12.3 Å². The monoisotopic (exact) mass is 278 g/mol. The summed E-state index contributed by atoms with van der Waals surface area (Å²) in [6.45, 7) is 1.83. The van der Waals surface area contributed by atoms with Crippen molar-refractivity contribution in [3.8, 4) is 11.5 Å². The number of methoxy groups -OCH3 is 1. The van der Waals surface area contributed by atoms with Gasteiger partial charge in [0, 0.05) is 5.56 Å². The highest BCUT2D eigenvalue weighted by atomic mass is 19.4. The first-order valence-corrected chi connectivity index (χ1v) is 5.44. The quantitative estimate of drug-likeness (QED) is 0.777. The fraction of sp³-hybridized carbons (Fsp3) is 0.417. The van der Waals surface area contributed by atoms with Crippen LogP contribution in [0.2, 0.25) is 0 Å². The van der Waals surface area contributed by atoms with E-state index in [9.17, 15) is 18.0 Å². The molecular formula is C12H13F3O4. The molecule has 7 heteroatoms.